The van der Waals surface area contributed by atoms with E-state index in [4.69, 9.17) is 5.11 Å². The van der Waals surface area contributed by atoms with Gasteiger partial charge < -0.3 is 15.5 Å². The number of pyridine rings is 1. The van der Waals surface area contributed by atoms with Gasteiger partial charge in [-0.1, -0.05) is 37.3 Å². The molecule has 0 amide bonds. The van der Waals surface area contributed by atoms with E-state index in [1.807, 2.05) is 49.4 Å². The molecule has 0 aliphatic rings. The second kappa shape index (κ2) is 14.7. The number of carbonyl (C=O) groups is 1. The molecule has 1 heterocycles. The number of carboxylic acid groups (broad SMARTS) is 1. The van der Waals surface area contributed by atoms with Gasteiger partial charge in [-0.25, -0.2) is 8.42 Å². The first-order chi connectivity index (χ1) is 19.4. The quantitative estimate of drug-likeness (QED) is 0.224. The Morgan fingerprint density at radius 2 is 1.63 bits per heavy atom. The lowest BCUT2D eigenvalue weighted by Gasteiger charge is -2.29. The van der Waals surface area contributed by atoms with E-state index >= 15 is 0 Å². The van der Waals surface area contributed by atoms with Gasteiger partial charge in [-0.3, -0.25) is 9.78 Å². The summed E-state index contributed by atoms with van der Waals surface area (Å²) in [6.07, 6.45) is 6.65. The smallest absolute Gasteiger partial charge is 0.303 e. The van der Waals surface area contributed by atoms with Gasteiger partial charge in [-0.2, -0.15) is 4.31 Å². The summed E-state index contributed by atoms with van der Waals surface area (Å²) in [5.74, 6) is -0.830. The molecule has 41 heavy (non-hydrogen) atoms. The van der Waals surface area contributed by atoms with Gasteiger partial charge in [0.1, 0.15) is 0 Å². The second-order valence-corrected chi connectivity index (χ2v) is 13.2. The van der Waals surface area contributed by atoms with Gasteiger partial charge in [0.25, 0.3) is 0 Å². The molecular weight excluding hydrogens is 538 g/mol. The number of nitrogens with zero attached hydrogens (tertiary/aromatic N) is 2. The van der Waals surface area contributed by atoms with E-state index in [2.05, 4.69) is 24.1 Å². The van der Waals surface area contributed by atoms with Gasteiger partial charge >= 0.3 is 5.97 Å². The number of benzene rings is 2. The number of carboxylic acids is 1. The SMILES string of the molecule is CCc1cc(-c2ccc(CCC(=O)O)cc2)ccc1S(=O)(=O)N(C)CC(O)CNC(C)(C)CCCc1ccncc1. The highest BCUT2D eigenvalue weighted by atomic mass is 32.2. The number of hydrogen-bond acceptors (Lipinski definition) is 6. The van der Waals surface area contributed by atoms with Gasteiger partial charge in [0.05, 0.1) is 11.0 Å². The van der Waals surface area contributed by atoms with Crippen molar-refractivity contribution >= 4 is 16.0 Å². The Bertz CT molecular complexity index is 1380. The van der Waals surface area contributed by atoms with Crippen LogP contribution in [0.3, 0.4) is 0 Å². The number of sulfonamides is 1. The van der Waals surface area contributed by atoms with Gasteiger partial charge in [0.15, 0.2) is 0 Å². The van der Waals surface area contributed by atoms with Crippen molar-refractivity contribution in [3.05, 3.63) is 83.7 Å². The van der Waals surface area contributed by atoms with Crippen molar-refractivity contribution < 1.29 is 23.4 Å². The zero-order valence-electron chi connectivity index (χ0n) is 24.5. The van der Waals surface area contributed by atoms with E-state index in [0.29, 0.717) is 18.4 Å². The zero-order valence-corrected chi connectivity index (χ0v) is 25.3. The third-order valence-electron chi connectivity index (χ3n) is 7.35. The van der Waals surface area contributed by atoms with Crippen LogP contribution in [0.4, 0.5) is 0 Å². The summed E-state index contributed by atoms with van der Waals surface area (Å²) in [4.78, 5) is 15.1. The van der Waals surface area contributed by atoms with Crippen molar-refractivity contribution in [2.24, 2.45) is 0 Å². The lowest BCUT2D eigenvalue weighted by molar-refractivity contribution is -0.136. The Kier molecular flexibility index (Phi) is 11.6. The maximum absolute atomic E-state index is 13.5. The first kappa shape index (κ1) is 32.4. The molecule has 0 aliphatic carbocycles. The summed E-state index contributed by atoms with van der Waals surface area (Å²) in [7, 11) is -2.31. The normalized spacial score (nSPS) is 12.9. The van der Waals surface area contributed by atoms with Gasteiger partial charge in [-0.15, -0.1) is 0 Å². The fraction of sp³-hybridized carbons (Fsp3) is 0.438. The molecule has 0 saturated heterocycles. The highest BCUT2D eigenvalue weighted by Crippen LogP contribution is 2.28. The molecule has 3 rings (SSSR count). The Balaban J connectivity index is 1.59. The van der Waals surface area contributed by atoms with Crippen LogP contribution in [0.5, 0.6) is 0 Å². The van der Waals surface area contributed by atoms with Crippen molar-refractivity contribution in [1.82, 2.24) is 14.6 Å². The molecule has 0 aliphatic heterocycles. The van der Waals surface area contributed by atoms with E-state index in [1.165, 1.54) is 16.9 Å². The van der Waals surface area contributed by atoms with Crippen LogP contribution in [-0.4, -0.2) is 65.7 Å². The molecule has 0 spiro atoms. The highest BCUT2D eigenvalue weighted by molar-refractivity contribution is 7.89. The summed E-state index contributed by atoms with van der Waals surface area (Å²) in [5.41, 5.74) is 4.50. The summed E-state index contributed by atoms with van der Waals surface area (Å²) < 4.78 is 28.2. The minimum atomic E-state index is -3.81. The van der Waals surface area contributed by atoms with Crippen LogP contribution in [0.25, 0.3) is 11.1 Å². The number of rotatable bonds is 16. The van der Waals surface area contributed by atoms with Crippen molar-refractivity contribution in [1.29, 1.82) is 0 Å². The zero-order chi connectivity index (χ0) is 30.0. The molecule has 3 aromatic rings. The average molecular weight is 582 g/mol. The standard InChI is InChI=1S/C32H43N3O5S/c1-5-26-21-28(27-11-8-25(9-12-27)10-15-31(37)38)13-14-30(26)41(39,40)35(4)23-29(36)22-34-32(2,3)18-6-7-24-16-19-33-20-17-24/h8-9,11-14,16-17,19-21,29,34,36H,5-7,10,15,18,22-23H2,1-4H3,(H,37,38). The molecule has 222 valence electrons. The molecule has 8 nitrogen and oxygen atoms in total. The number of β-amino-alcohol motifs (C(OH)–C–C–N with tert-alkyl or cyclic N) is 1. The number of nitrogens with one attached hydrogen (secondary N) is 1. The molecule has 1 atom stereocenters. The third-order valence-corrected chi connectivity index (χ3v) is 9.27. The van der Waals surface area contributed by atoms with E-state index < -0.39 is 22.1 Å². The minimum absolute atomic E-state index is 0.0227. The molecular formula is C32H43N3O5S. The lowest BCUT2D eigenvalue weighted by atomic mass is 9.95. The second-order valence-electron chi connectivity index (χ2n) is 11.2. The summed E-state index contributed by atoms with van der Waals surface area (Å²) in [6, 6.07) is 17.0. The Morgan fingerprint density at radius 3 is 2.27 bits per heavy atom. The van der Waals surface area contributed by atoms with Crippen LogP contribution in [0.2, 0.25) is 0 Å². The summed E-state index contributed by atoms with van der Waals surface area (Å²) >= 11 is 0. The fourth-order valence-corrected chi connectivity index (χ4v) is 6.27. The number of aliphatic hydroxyl groups is 1. The van der Waals surface area contributed by atoms with Crippen LogP contribution < -0.4 is 5.32 Å². The van der Waals surface area contributed by atoms with Crippen molar-refractivity contribution in [2.75, 3.05) is 20.1 Å². The molecule has 1 unspecified atom stereocenters. The predicted octanol–water partition coefficient (Wildman–Crippen LogP) is 4.70. The van der Waals surface area contributed by atoms with Crippen molar-refractivity contribution in [2.45, 2.75) is 75.8 Å². The summed E-state index contributed by atoms with van der Waals surface area (Å²) in [5, 5.41) is 23.0. The lowest BCUT2D eigenvalue weighted by Crippen LogP contribution is -2.46. The first-order valence-corrected chi connectivity index (χ1v) is 15.6. The highest BCUT2D eigenvalue weighted by Gasteiger charge is 2.26. The number of aryl methyl sites for hydroxylation is 3. The number of aromatic nitrogens is 1. The van der Waals surface area contributed by atoms with Crippen LogP contribution in [0, 0.1) is 0 Å². The third kappa shape index (κ3) is 9.74. The molecule has 2 aromatic carbocycles. The number of hydrogen-bond donors (Lipinski definition) is 3. The molecule has 0 radical (unpaired) electrons. The number of likely N-dealkylation sites (N-methyl/N-ethyl adjacent to an activating group) is 1. The van der Waals surface area contributed by atoms with E-state index in [0.717, 1.165) is 36.0 Å². The molecule has 0 saturated carbocycles. The van der Waals surface area contributed by atoms with E-state index in [9.17, 15) is 18.3 Å². The molecule has 3 N–H and O–H groups in total. The largest absolute Gasteiger partial charge is 0.481 e. The van der Waals surface area contributed by atoms with Crippen LogP contribution in [0.1, 0.15) is 56.7 Å². The maximum atomic E-state index is 13.5. The predicted molar refractivity (Wildman–Crippen MR) is 162 cm³/mol. The fourth-order valence-electron chi connectivity index (χ4n) is 4.80. The minimum Gasteiger partial charge on any atom is -0.481 e. The Hall–Kier alpha value is -3.11. The monoisotopic (exact) mass is 581 g/mol. The van der Waals surface area contributed by atoms with Crippen LogP contribution >= 0.6 is 0 Å². The molecule has 9 heteroatoms. The summed E-state index contributed by atoms with van der Waals surface area (Å²) in [6.45, 7) is 6.36. The average Bonchev–Trinajstić information content (AvgIpc) is 2.95. The van der Waals surface area contributed by atoms with Crippen LogP contribution in [0.15, 0.2) is 71.9 Å². The van der Waals surface area contributed by atoms with Gasteiger partial charge in [0.2, 0.25) is 10.0 Å². The van der Waals surface area contributed by atoms with Crippen molar-refractivity contribution in [3.8, 4) is 11.1 Å². The maximum Gasteiger partial charge on any atom is 0.303 e. The molecule has 0 bridgehead atoms. The molecule has 0 fully saturated rings. The topological polar surface area (TPSA) is 120 Å². The van der Waals surface area contributed by atoms with Gasteiger partial charge in [-0.05, 0) is 98.0 Å². The van der Waals surface area contributed by atoms with Crippen LogP contribution in [-0.2, 0) is 34.1 Å². The number of aliphatic carboxylic acids is 1. The van der Waals surface area contributed by atoms with Gasteiger partial charge in [0, 0.05) is 44.5 Å². The van der Waals surface area contributed by atoms with Crippen molar-refractivity contribution in [3.63, 3.8) is 0 Å². The molecule has 1 aromatic heterocycles. The van der Waals surface area contributed by atoms with E-state index in [1.54, 1.807) is 24.5 Å². The van der Waals surface area contributed by atoms with E-state index in [-0.39, 0.29) is 29.9 Å². The Labute approximate surface area is 244 Å². The number of aliphatic hydroxyl groups excluding tert-OH is 1. The first-order valence-electron chi connectivity index (χ1n) is 14.1. The Morgan fingerprint density at radius 1 is 1.00 bits per heavy atom.